The van der Waals surface area contributed by atoms with Gasteiger partial charge in [0.25, 0.3) is 0 Å². The van der Waals surface area contributed by atoms with E-state index in [-0.39, 0.29) is 11.3 Å². The smallest absolute Gasteiger partial charge is 0.314 e. The molecule has 19 heavy (non-hydrogen) atoms. The molecule has 1 aromatic carbocycles. The number of aromatic nitrogens is 2. The molecule has 0 aliphatic carbocycles. The summed E-state index contributed by atoms with van der Waals surface area (Å²) in [5.41, 5.74) is 0.381. The minimum absolute atomic E-state index is 0.241. The van der Waals surface area contributed by atoms with Gasteiger partial charge in [0, 0.05) is 6.07 Å². The fourth-order valence-corrected chi connectivity index (χ4v) is 1.67. The molecule has 0 N–H and O–H groups in total. The lowest BCUT2D eigenvalue weighted by atomic mass is 10.3. The van der Waals surface area contributed by atoms with Crippen molar-refractivity contribution in [2.75, 3.05) is 13.2 Å². The van der Waals surface area contributed by atoms with Gasteiger partial charge in [-0.3, -0.25) is 4.79 Å². The Bertz CT molecular complexity index is 593. The van der Waals surface area contributed by atoms with Crippen molar-refractivity contribution in [1.82, 2.24) is 9.78 Å². The van der Waals surface area contributed by atoms with Crippen LogP contribution in [0.2, 0.25) is 0 Å². The van der Waals surface area contributed by atoms with E-state index in [2.05, 4.69) is 5.10 Å². The lowest BCUT2D eigenvalue weighted by Gasteiger charge is -2.10. The van der Waals surface area contributed by atoms with Crippen LogP contribution in [0.25, 0.3) is 5.69 Å². The van der Waals surface area contributed by atoms with Gasteiger partial charge in [0.15, 0.2) is 5.75 Å². The van der Waals surface area contributed by atoms with E-state index in [0.717, 1.165) is 0 Å². The Kier molecular flexibility index (Phi) is 4.18. The van der Waals surface area contributed by atoms with Crippen LogP contribution in [0.3, 0.4) is 0 Å². The molecule has 0 fully saturated rings. The van der Waals surface area contributed by atoms with Crippen LogP contribution < -0.4 is 15.0 Å². The van der Waals surface area contributed by atoms with Gasteiger partial charge in [-0.2, -0.15) is 4.68 Å². The minimum Gasteiger partial charge on any atom is -0.488 e. The van der Waals surface area contributed by atoms with Crippen LogP contribution in [-0.2, 0) is 0 Å². The summed E-state index contributed by atoms with van der Waals surface area (Å²) in [6.45, 7) is 4.58. The van der Waals surface area contributed by atoms with Gasteiger partial charge in [0.1, 0.15) is 0 Å². The second-order valence-electron chi connectivity index (χ2n) is 3.77. The predicted molar refractivity (Wildman–Crippen MR) is 72.2 cm³/mol. The number of para-hydroxylation sites is 1. The Balaban J connectivity index is 2.55. The highest BCUT2D eigenvalue weighted by molar-refractivity contribution is 5.34. The summed E-state index contributed by atoms with van der Waals surface area (Å²) in [4.78, 5) is 12.2. The maximum atomic E-state index is 12.2. The molecule has 2 aromatic rings. The lowest BCUT2D eigenvalue weighted by molar-refractivity contribution is 0.301. The van der Waals surface area contributed by atoms with E-state index in [4.69, 9.17) is 9.47 Å². The number of ether oxygens (including phenoxy) is 2. The quantitative estimate of drug-likeness (QED) is 0.825. The number of rotatable bonds is 5. The zero-order valence-electron chi connectivity index (χ0n) is 11.0. The second-order valence-corrected chi connectivity index (χ2v) is 3.77. The average molecular weight is 260 g/mol. The van der Waals surface area contributed by atoms with E-state index in [0.29, 0.717) is 24.8 Å². The average Bonchev–Trinajstić information content (AvgIpc) is 2.44. The Morgan fingerprint density at radius 3 is 2.42 bits per heavy atom. The molecule has 1 aromatic heterocycles. The molecule has 0 saturated carbocycles. The van der Waals surface area contributed by atoms with Crippen molar-refractivity contribution in [3.63, 3.8) is 0 Å². The molecule has 0 atom stereocenters. The highest BCUT2D eigenvalue weighted by Crippen LogP contribution is 2.14. The first-order chi connectivity index (χ1) is 9.26. The Hall–Kier alpha value is -2.30. The van der Waals surface area contributed by atoms with Crippen LogP contribution in [-0.4, -0.2) is 23.0 Å². The molecule has 0 amide bonds. The Labute approximate surface area is 111 Å². The summed E-state index contributed by atoms with van der Waals surface area (Å²) in [5.74, 6) is 0.610. The molecule has 0 spiro atoms. The minimum atomic E-state index is -0.295. The third-order valence-corrected chi connectivity index (χ3v) is 2.45. The summed E-state index contributed by atoms with van der Waals surface area (Å²) in [5, 5.41) is 4.18. The van der Waals surface area contributed by atoms with Crippen LogP contribution in [0.1, 0.15) is 13.8 Å². The number of benzene rings is 1. The number of hydrogen-bond acceptors (Lipinski definition) is 4. The van der Waals surface area contributed by atoms with Crippen molar-refractivity contribution in [3.05, 3.63) is 46.8 Å². The van der Waals surface area contributed by atoms with Crippen LogP contribution in [0.15, 0.2) is 41.2 Å². The first-order valence-electron chi connectivity index (χ1n) is 6.21. The van der Waals surface area contributed by atoms with Gasteiger partial charge in [-0.25, -0.2) is 0 Å². The summed E-state index contributed by atoms with van der Waals surface area (Å²) in [6.07, 6.45) is 0. The lowest BCUT2D eigenvalue weighted by Crippen LogP contribution is -2.23. The summed E-state index contributed by atoms with van der Waals surface area (Å²) >= 11 is 0. The zero-order chi connectivity index (χ0) is 13.7. The monoisotopic (exact) mass is 260 g/mol. The fourth-order valence-electron chi connectivity index (χ4n) is 1.67. The molecular formula is C14H16N2O3. The van der Waals surface area contributed by atoms with E-state index in [1.807, 2.05) is 32.0 Å². The van der Waals surface area contributed by atoms with Gasteiger partial charge in [0.05, 0.1) is 18.9 Å². The predicted octanol–water partition coefficient (Wildman–Crippen LogP) is 2.03. The van der Waals surface area contributed by atoms with E-state index < -0.39 is 0 Å². The van der Waals surface area contributed by atoms with E-state index in [1.54, 1.807) is 12.1 Å². The van der Waals surface area contributed by atoms with E-state index in [1.165, 1.54) is 10.7 Å². The summed E-state index contributed by atoms with van der Waals surface area (Å²) < 4.78 is 12.0. The molecule has 5 nitrogen and oxygen atoms in total. The normalized spacial score (nSPS) is 10.2. The topological polar surface area (TPSA) is 53.4 Å². The molecular weight excluding hydrogens is 244 g/mol. The fraction of sp³-hybridized carbons (Fsp3) is 0.286. The molecule has 0 saturated heterocycles. The second kappa shape index (κ2) is 6.04. The first-order valence-corrected chi connectivity index (χ1v) is 6.21. The van der Waals surface area contributed by atoms with Crippen molar-refractivity contribution in [2.45, 2.75) is 13.8 Å². The molecule has 0 aliphatic heterocycles. The largest absolute Gasteiger partial charge is 0.488 e. The van der Waals surface area contributed by atoms with Crippen molar-refractivity contribution in [3.8, 4) is 17.3 Å². The molecule has 0 bridgehead atoms. The molecule has 0 unspecified atom stereocenters. The molecule has 0 aliphatic rings. The molecule has 100 valence electrons. The van der Waals surface area contributed by atoms with Gasteiger partial charge in [0.2, 0.25) is 5.88 Å². The van der Waals surface area contributed by atoms with Gasteiger partial charge >= 0.3 is 5.56 Å². The molecule has 1 heterocycles. The van der Waals surface area contributed by atoms with Crippen LogP contribution >= 0.6 is 0 Å². The third kappa shape index (κ3) is 2.93. The SMILES string of the molecule is CCOc1cc(OCC)c(=O)n(-c2ccccc2)n1. The number of hydrogen-bond donors (Lipinski definition) is 0. The van der Waals surface area contributed by atoms with Crippen molar-refractivity contribution in [1.29, 1.82) is 0 Å². The maximum absolute atomic E-state index is 12.2. The van der Waals surface area contributed by atoms with Crippen LogP contribution in [0, 0.1) is 0 Å². The zero-order valence-corrected chi connectivity index (χ0v) is 11.0. The van der Waals surface area contributed by atoms with Gasteiger partial charge in [-0.15, -0.1) is 5.10 Å². The first kappa shape index (κ1) is 13.1. The third-order valence-electron chi connectivity index (χ3n) is 2.45. The molecule has 2 rings (SSSR count). The number of nitrogens with zero attached hydrogens (tertiary/aromatic N) is 2. The van der Waals surface area contributed by atoms with Crippen LogP contribution in [0.5, 0.6) is 11.6 Å². The van der Waals surface area contributed by atoms with E-state index >= 15 is 0 Å². The van der Waals surface area contributed by atoms with E-state index in [9.17, 15) is 4.79 Å². The van der Waals surface area contributed by atoms with Gasteiger partial charge < -0.3 is 9.47 Å². The summed E-state index contributed by atoms with van der Waals surface area (Å²) in [6, 6.07) is 10.7. The Morgan fingerprint density at radius 2 is 1.79 bits per heavy atom. The highest BCUT2D eigenvalue weighted by Gasteiger charge is 2.11. The van der Waals surface area contributed by atoms with Gasteiger partial charge in [-0.05, 0) is 26.0 Å². The Morgan fingerprint density at radius 1 is 1.11 bits per heavy atom. The van der Waals surface area contributed by atoms with Gasteiger partial charge in [-0.1, -0.05) is 18.2 Å². The molecule has 5 heteroatoms. The standard InChI is InChI=1S/C14H16N2O3/c1-3-18-12-10-13(19-4-2)15-16(14(12)17)11-8-6-5-7-9-11/h5-10H,3-4H2,1-2H3. The van der Waals surface area contributed by atoms with Crippen molar-refractivity contribution < 1.29 is 9.47 Å². The molecule has 0 radical (unpaired) electrons. The van der Waals surface area contributed by atoms with Crippen LogP contribution in [0.4, 0.5) is 0 Å². The van der Waals surface area contributed by atoms with Crippen molar-refractivity contribution in [2.24, 2.45) is 0 Å². The maximum Gasteiger partial charge on any atom is 0.314 e. The van der Waals surface area contributed by atoms with Crippen molar-refractivity contribution >= 4 is 0 Å². The highest BCUT2D eigenvalue weighted by atomic mass is 16.5. The summed E-state index contributed by atoms with van der Waals surface area (Å²) in [7, 11) is 0.